The Morgan fingerprint density at radius 3 is 2.48 bits per heavy atom. The Bertz CT molecular complexity index is 575. The molecule has 6 nitrogen and oxygen atoms in total. The molecule has 27 heavy (non-hydrogen) atoms. The van der Waals surface area contributed by atoms with Crippen molar-refractivity contribution in [3.63, 3.8) is 0 Å². The first-order valence-electron chi connectivity index (χ1n) is 8.94. The van der Waals surface area contributed by atoms with Crippen LogP contribution in [0.1, 0.15) is 12.0 Å². The molecule has 0 bridgehead atoms. The van der Waals surface area contributed by atoms with Crippen molar-refractivity contribution < 1.29 is 27.8 Å². The summed E-state index contributed by atoms with van der Waals surface area (Å²) in [5.41, 5.74) is 1.64. The van der Waals surface area contributed by atoms with E-state index in [1.54, 1.807) is 12.1 Å². The van der Waals surface area contributed by atoms with Gasteiger partial charge in [0.05, 0.1) is 26.3 Å². The Morgan fingerprint density at radius 2 is 1.89 bits per heavy atom. The summed E-state index contributed by atoms with van der Waals surface area (Å²) < 4.78 is 43.1. The van der Waals surface area contributed by atoms with Gasteiger partial charge in [0.25, 0.3) is 0 Å². The molecule has 0 spiro atoms. The zero-order chi connectivity index (χ0) is 19.7. The molecule has 0 aliphatic carbocycles. The molecule has 0 radical (unpaired) electrons. The van der Waals surface area contributed by atoms with E-state index in [2.05, 4.69) is 10.2 Å². The molecule has 1 amide bonds. The molecule has 0 saturated carbocycles. The summed E-state index contributed by atoms with van der Waals surface area (Å²) in [6, 6.07) is 7.28. The van der Waals surface area contributed by atoms with Crippen LogP contribution in [-0.4, -0.2) is 79.5 Å². The summed E-state index contributed by atoms with van der Waals surface area (Å²) in [7, 11) is 0. The van der Waals surface area contributed by atoms with Crippen LogP contribution in [0.5, 0.6) is 0 Å². The Hall–Kier alpha value is -1.68. The van der Waals surface area contributed by atoms with E-state index in [4.69, 9.17) is 9.84 Å². The first-order chi connectivity index (χ1) is 12.9. The molecular formula is C18H26F3N3O3. The third kappa shape index (κ3) is 8.70. The van der Waals surface area contributed by atoms with Gasteiger partial charge in [0.2, 0.25) is 5.91 Å². The molecule has 1 aliphatic rings. The fourth-order valence-electron chi connectivity index (χ4n) is 2.88. The van der Waals surface area contributed by atoms with E-state index < -0.39 is 18.6 Å². The van der Waals surface area contributed by atoms with Crippen molar-refractivity contribution >= 4 is 11.6 Å². The monoisotopic (exact) mass is 389 g/mol. The minimum Gasteiger partial charge on any atom is -0.396 e. The summed E-state index contributed by atoms with van der Waals surface area (Å²) in [6.07, 6.45) is -4.21. The molecule has 1 aromatic carbocycles. The Morgan fingerprint density at radius 1 is 1.22 bits per heavy atom. The van der Waals surface area contributed by atoms with Crippen LogP contribution in [0.15, 0.2) is 24.3 Å². The van der Waals surface area contributed by atoms with Crippen LogP contribution in [0.3, 0.4) is 0 Å². The number of hydrogen-bond donors (Lipinski definition) is 2. The molecule has 1 saturated heterocycles. The highest BCUT2D eigenvalue weighted by Gasteiger charge is 2.31. The van der Waals surface area contributed by atoms with Crippen LogP contribution in [0, 0.1) is 0 Å². The number of hydrogen-bond acceptors (Lipinski definition) is 5. The first kappa shape index (κ1) is 21.6. The third-order valence-electron chi connectivity index (χ3n) is 4.15. The van der Waals surface area contributed by atoms with Crippen molar-refractivity contribution in [3.05, 3.63) is 29.8 Å². The minimum atomic E-state index is -4.39. The number of alkyl halides is 3. The lowest BCUT2D eigenvalue weighted by Crippen LogP contribution is -2.40. The molecule has 1 heterocycles. The molecule has 1 aliphatic heterocycles. The van der Waals surface area contributed by atoms with Crippen LogP contribution in [0.2, 0.25) is 0 Å². The van der Waals surface area contributed by atoms with Crippen LogP contribution in [0.25, 0.3) is 0 Å². The summed E-state index contributed by atoms with van der Waals surface area (Å²) in [6.45, 7) is 2.20. The highest BCUT2D eigenvalue weighted by atomic mass is 19.4. The van der Waals surface area contributed by atoms with Crippen molar-refractivity contribution in [1.82, 2.24) is 9.80 Å². The van der Waals surface area contributed by atoms with Crippen LogP contribution < -0.4 is 5.32 Å². The predicted octanol–water partition coefficient (Wildman–Crippen LogP) is 1.70. The van der Waals surface area contributed by atoms with Gasteiger partial charge < -0.3 is 15.2 Å². The Kier molecular flexibility index (Phi) is 8.49. The van der Waals surface area contributed by atoms with E-state index in [0.717, 1.165) is 43.3 Å². The molecule has 1 aromatic rings. The van der Waals surface area contributed by atoms with Crippen molar-refractivity contribution in [2.75, 3.05) is 57.9 Å². The number of ether oxygens (including phenoxy) is 1. The number of morpholine rings is 1. The zero-order valence-electron chi connectivity index (χ0n) is 15.2. The number of amides is 1. The Labute approximate surface area is 156 Å². The molecule has 152 valence electrons. The van der Waals surface area contributed by atoms with E-state index >= 15 is 0 Å². The molecular weight excluding hydrogens is 363 g/mol. The number of benzene rings is 1. The van der Waals surface area contributed by atoms with Gasteiger partial charge in [0.15, 0.2) is 0 Å². The number of halogens is 3. The number of carbonyl (C=O) groups excluding carboxylic acids is 1. The fourth-order valence-corrected chi connectivity index (χ4v) is 2.88. The number of rotatable bonds is 9. The van der Waals surface area contributed by atoms with Crippen LogP contribution >= 0.6 is 0 Å². The van der Waals surface area contributed by atoms with E-state index in [0.29, 0.717) is 5.69 Å². The number of carbonyl (C=O) groups is 1. The molecule has 9 heteroatoms. The van der Waals surface area contributed by atoms with Gasteiger partial charge in [-0.05, 0) is 24.1 Å². The highest BCUT2D eigenvalue weighted by molar-refractivity contribution is 5.92. The summed E-state index contributed by atoms with van der Waals surface area (Å²) >= 11 is 0. The molecule has 1 fully saturated rings. The van der Waals surface area contributed by atoms with Crippen LogP contribution in [0.4, 0.5) is 18.9 Å². The predicted molar refractivity (Wildman–Crippen MR) is 95.4 cm³/mol. The lowest BCUT2D eigenvalue weighted by Gasteiger charge is -2.26. The molecule has 2 N–H and O–H groups in total. The third-order valence-corrected chi connectivity index (χ3v) is 4.15. The average Bonchev–Trinajstić information content (AvgIpc) is 2.61. The lowest BCUT2D eigenvalue weighted by atomic mass is 10.2. The smallest absolute Gasteiger partial charge is 0.396 e. The van der Waals surface area contributed by atoms with E-state index in [1.165, 1.54) is 0 Å². The highest BCUT2D eigenvalue weighted by Crippen LogP contribution is 2.17. The van der Waals surface area contributed by atoms with Gasteiger partial charge in [0.1, 0.15) is 0 Å². The van der Waals surface area contributed by atoms with Crippen molar-refractivity contribution in [1.29, 1.82) is 0 Å². The van der Waals surface area contributed by atoms with Crippen molar-refractivity contribution in [2.24, 2.45) is 0 Å². The number of nitrogens with one attached hydrogen (secondary N) is 1. The van der Waals surface area contributed by atoms with Crippen LogP contribution in [-0.2, 0) is 16.1 Å². The normalized spacial score (nSPS) is 15.9. The van der Waals surface area contributed by atoms with Gasteiger partial charge in [-0.15, -0.1) is 0 Å². The maximum Gasteiger partial charge on any atom is 0.401 e. The molecule has 0 atom stereocenters. The van der Waals surface area contributed by atoms with Gasteiger partial charge in [-0.1, -0.05) is 12.1 Å². The van der Waals surface area contributed by atoms with E-state index in [-0.39, 0.29) is 26.1 Å². The zero-order valence-corrected chi connectivity index (χ0v) is 15.2. The quantitative estimate of drug-likeness (QED) is 0.673. The second kappa shape index (κ2) is 10.6. The molecule has 2 rings (SSSR count). The number of nitrogens with zero attached hydrogens (tertiary/aromatic N) is 2. The van der Waals surface area contributed by atoms with E-state index in [1.807, 2.05) is 12.1 Å². The first-order valence-corrected chi connectivity index (χ1v) is 8.94. The maximum atomic E-state index is 12.6. The van der Waals surface area contributed by atoms with Gasteiger partial charge in [-0.3, -0.25) is 14.6 Å². The van der Waals surface area contributed by atoms with Crippen molar-refractivity contribution in [3.8, 4) is 0 Å². The largest absolute Gasteiger partial charge is 0.401 e. The number of anilines is 1. The van der Waals surface area contributed by atoms with Gasteiger partial charge in [-0.2, -0.15) is 13.2 Å². The van der Waals surface area contributed by atoms with E-state index in [9.17, 15) is 18.0 Å². The van der Waals surface area contributed by atoms with Gasteiger partial charge in [0, 0.05) is 38.5 Å². The minimum absolute atomic E-state index is 0.00190. The second-order valence-electron chi connectivity index (χ2n) is 6.54. The second-order valence-corrected chi connectivity index (χ2v) is 6.54. The molecule has 0 aromatic heterocycles. The Balaban J connectivity index is 1.84. The lowest BCUT2D eigenvalue weighted by molar-refractivity contribution is -0.148. The van der Waals surface area contributed by atoms with Gasteiger partial charge >= 0.3 is 6.18 Å². The summed E-state index contributed by atoms with van der Waals surface area (Å²) in [5.74, 6) is -0.516. The van der Waals surface area contributed by atoms with Gasteiger partial charge in [-0.25, -0.2) is 0 Å². The van der Waals surface area contributed by atoms with Crippen molar-refractivity contribution in [2.45, 2.75) is 19.1 Å². The summed E-state index contributed by atoms with van der Waals surface area (Å²) in [4.78, 5) is 15.3. The topological polar surface area (TPSA) is 65.0 Å². The number of aliphatic hydroxyl groups is 1. The number of aliphatic hydroxyl groups excluding tert-OH is 1. The average molecular weight is 389 g/mol. The fraction of sp³-hybridized carbons (Fsp3) is 0.611. The summed E-state index contributed by atoms with van der Waals surface area (Å²) in [5, 5.41) is 11.4. The molecule has 0 unspecified atom stereocenters. The standard InChI is InChI=1S/C18H26F3N3O3/c19-18(20,21)14-24(6-1-9-25)13-17(26)22-16-4-2-15(3-5-16)12-23-7-10-27-11-8-23/h2-5,25H,1,6-14H2,(H,22,26). The SMILES string of the molecule is O=C(CN(CCCO)CC(F)(F)F)Nc1ccc(CN2CCOCC2)cc1. The maximum absolute atomic E-state index is 12.6.